The van der Waals surface area contributed by atoms with Gasteiger partial charge in [0, 0.05) is 17.3 Å². The Hall–Kier alpha value is -2.89. The largest absolute Gasteiger partial charge is 0.469 e. The molecule has 0 bridgehead atoms. The summed E-state index contributed by atoms with van der Waals surface area (Å²) >= 11 is 0. The molecule has 0 aliphatic carbocycles. The Labute approximate surface area is 145 Å². The van der Waals surface area contributed by atoms with Crippen molar-refractivity contribution >= 4 is 22.7 Å². The minimum absolute atomic E-state index is 0.0531. The molecule has 3 aromatic rings. The number of fused-ring (bicyclic) bond motifs is 1. The number of nitrogens with zero attached hydrogens (tertiary/aromatic N) is 1. The molecule has 6 heteroatoms. The molecule has 0 radical (unpaired) electrons. The Morgan fingerprint density at radius 1 is 1.24 bits per heavy atom. The van der Waals surface area contributed by atoms with Crippen LogP contribution in [-0.4, -0.2) is 29.0 Å². The molecule has 130 valence electrons. The molecule has 25 heavy (non-hydrogen) atoms. The molecule has 6 nitrogen and oxygen atoms in total. The van der Waals surface area contributed by atoms with E-state index in [9.17, 15) is 9.59 Å². The van der Waals surface area contributed by atoms with Crippen LogP contribution in [0.4, 0.5) is 0 Å². The van der Waals surface area contributed by atoms with Gasteiger partial charge in [-0.15, -0.1) is 0 Å². The maximum Gasteiger partial charge on any atom is 0.305 e. The Bertz CT molecular complexity index is 936. The lowest BCUT2D eigenvalue weighted by atomic mass is 9.97. The van der Waals surface area contributed by atoms with Crippen LogP contribution in [0.15, 0.2) is 28.8 Å². The molecule has 0 atom stereocenters. The number of carbonyl (C=O) groups is 2. The van der Waals surface area contributed by atoms with Crippen molar-refractivity contribution in [2.24, 2.45) is 0 Å². The Balaban J connectivity index is 2.14. The van der Waals surface area contributed by atoms with Gasteiger partial charge in [0.05, 0.1) is 36.0 Å². The third-order valence-corrected chi connectivity index (χ3v) is 4.29. The number of aromatic amines is 1. The van der Waals surface area contributed by atoms with Crippen LogP contribution in [0.3, 0.4) is 0 Å². The van der Waals surface area contributed by atoms with E-state index in [1.54, 1.807) is 0 Å². The highest BCUT2D eigenvalue weighted by Crippen LogP contribution is 2.35. The highest BCUT2D eigenvalue weighted by Gasteiger charge is 2.25. The van der Waals surface area contributed by atoms with Gasteiger partial charge in [-0.1, -0.05) is 30.3 Å². The fourth-order valence-corrected chi connectivity index (χ4v) is 3.04. The minimum atomic E-state index is -0.398. The monoisotopic (exact) mass is 340 g/mol. The first-order valence-corrected chi connectivity index (χ1v) is 8.23. The molecule has 1 aromatic carbocycles. The second-order valence-corrected chi connectivity index (χ2v) is 5.83. The van der Waals surface area contributed by atoms with Gasteiger partial charge in [-0.05, 0) is 19.4 Å². The molecular formula is C19H20N2O4. The van der Waals surface area contributed by atoms with E-state index in [2.05, 4.69) is 14.9 Å². The number of hydrogen-bond acceptors (Lipinski definition) is 5. The zero-order valence-electron chi connectivity index (χ0n) is 14.5. The van der Waals surface area contributed by atoms with Crippen LogP contribution in [0.25, 0.3) is 22.2 Å². The molecule has 0 aliphatic heterocycles. The van der Waals surface area contributed by atoms with E-state index in [0.29, 0.717) is 23.4 Å². The van der Waals surface area contributed by atoms with Crippen LogP contribution in [0.1, 0.15) is 41.6 Å². The van der Waals surface area contributed by atoms with Crippen LogP contribution >= 0.6 is 0 Å². The summed E-state index contributed by atoms with van der Waals surface area (Å²) in [4.78, 5) is 27.6. The average Bonchev–Trinajstić information content (AvgIpc) is 3.18. The Morgan fingerprint density at radius 2 is 2.00 bits per heavy atom. The quantitative estimate of drug-likeness (QED) is 0.544. The minimum Gasteiger partial charge on any atom is -0.469 e. The van der Waals surface area contributed by atoms with Gasteiger partial charge in [0.2, 0.25) is 0 Å². The van der Waals surface area contributed by atoms with Gasteiger partial charge in [0.25, 0.3) is 0 Å². The molecule has 0 unspecified atom stereocenters. The first-order chi connectivity index (χ1) is 12.1. The molecule has 0 saturated heterocycles. The van der Waals surface area contributed by atoms with Crippen molar-refractivity contribution in [2.75, 3.05) is 7.11 Å². The van der Waals surface area contributed by atoms with E-state index in [1.165, 1.54) is 7.11 Å². The fourth-order valence-electron chi connectivity index (χ4n) is 3.04. The molecule has 3 rings (SSSR count). The first kappa shape index (κ1) is 17.0. The number of aryl methyl sites for hydroxylation is 2. The number of H-pyrrole nitrogens is 1. The zero-order valence-corrected chi connectivity index (χ0v) is 14.5. The predicted molar refractivity (Wildman–Crippen MR) is 93.5 cm³/mol. The number of nitrogens with one attached hydrogen (secondary N) is 1. The number of hydrogen-bond donors (Lipinski definition) is 1. The molecule has 2 heterocycles. The first-order valence-electron chi connectivity index (χ1n) is 8.23. The molecular weight excluding hydrogens is 320 g/mol. The standard InChI is InChI=1S/C19H20N2O4/c1-4-13-17(11(2)25-21-13)19-18(15(22)9-10-16(23)24-3)12-7-5-6-8-14(12)20-19/h5-8,20H,4,9-10H2,1-3H3. The summed E-state index contributed by atoms with van der Waals surface area (Å²) in [6, 6.07) is 7.62. The van der Waals surface area contributed by atoms with Crippen molar-refractivity contribution in [3.63, 3.8) is 0 Å². The maximum atomic E-state index is 12.9. The summed E-state index contributed by atoms with van der Waals surface area (Å²) in [5.41, 5.74) is 3.75. The van der Waals surface area contributed by atoms with Crippen molar-refractivity contribution in [3.05, 3.63) is 41.3 Å². The second-order valence-electron chi connectivity index (χ2n) is 5.83. The van der Waals surface area contributed by atoms with Crippen LogP contribution in [-0.2, 0) is 16.0 Å². The highest BCUT2D eigenvalue weighted by molar-refractivity contribution is 6.14. The predicted octanol–water partition coefficient (Wildman–Crippen LogP) is 3.83. The van der Waals surface area contributed by atoms with Gasteiger partial charge in [-0.2, -0.15) is 0 Å². The summed E-state index contributed by atoms with van der Waals surface area (Å²) in [6.45, 7) is 3.82. The van der Waals surface area contributed by atoms with Gasteiger partial charge in [-0.3, -0.25) is 9.59 Å². The number of Topliss-reactive ketones (excluding diaryl/α,β-unsaturated/α-hetero) is 1. The van der Waals surface area contributed by atoms with Crippen LogP contribution in [0.2, 0.25) is 0 Å². The van der Waals surface area contributed by atoms with Crippen molar-refractivity contribution in [3.8, 4) is 11.3 Å². The number of rotatable bonds is 6. The maximum absolute atomic E-state index is 12.9. The van der Waals surface area contributed by atoms with Crippen LogP contribution in [0, 0.1) is 6.92 Å². The summed E-state index contributed by atoms with van der Waals surface area (Å²) in [6.07, 6.45) is 0.836. The summed E-state index contributed by atoms with van der Waals surface area (Å²) in [5.74, 6) is 0.149. The lowest BCUT2D eigenvalue weighted by molar-refractivity contribution is -0.140. The van der Waals surface area contributed by atoms with Crippen molar-refractivity contribution in [1.29, 1.82) is 0 Å². The average molecular weight is 340 g/mol. The molecule has 2 aromatic heterocycles. The number of esters is 1. The fraction of sp³-hybridized carbons (Fsp3) is 0.316. The number of benzene rings is 1. The number of carbonyl (C=O) groups excluding carboxylic acids is 2. The smallest absolute Gasteiger partial charge is 0.305 e. The van der Waals surface area contributed by atoms with E-state index in [-0.39, 0.29) is 18.6 Å². The molecule has 0 aliphatic rings. The number of aromatic nitrogens is 2. The van der Waals surface area contributed by atoms with Crippen LogP contribution in [0.5, 0.6) is 0 Å². The summed E-state index contributed by atoms with van der Waals surface area (Å²) < 4.78 is 9.97. The molecule has 0 fully saturated rings. The van der Waals surface area contributed by atoms with Crippen LogP contribution < -0.4 is 0 Å². The topological polar surface area (TPSA) is 85.2 Å². The molecule has 0 saturated carbocycles. The van der Waals surface area contributed by atoms with Gasteiger partial charge >= 0.3 is 5.97 Å². The van der Waals surface area contributed by atoms with E-state index >= 15 is 0 Å². The summed E-state index contributed by atoms with van der Waals surface area (Å²) in [7, 11) is 1.32. The Kier molecular flexibility index (Phi) is 4.70. The molecule has 0 spiro atoms. The lowest BCUT2D eigenvalue weighted by Crippen LogP contribution is -2.07. The summed E-state index contributed by atoms with van der Waals surface area (Å²) in [5, 5.41) is 4.92. The van der Waals surface area contributed by atoms with Crippen molar-refractivity contribution < 1.29 is 18.8 Å². The highest BCUT2D eigenvalue weighted by atomic mass is 16.5. The second kappa shape index (κ2) is 6.93. The van der Waals surface area contributed by atoms with E-state index in [0.717, 1.165) is 22.2 Å². The number of para-hydroxylation sites is 1. The SMILES string of the molecule is CCc1noc(C)c1-c1[nH]c2ccccc2c1C(=O)CCC(=O)OC. The number of methoxy groups -OCH3 is 1. The third-order valence-electron chi connectivity index (χ3n) is 4.29. The van der Waals surface area contributed by atoms with Gasteiger partial charge in [0.15, 0.2) is 5.78 Å². The molecule has 0 amide bonds. The Morgan fingerprint density at radius 3 is 2.72 bits per heavy atom. The van der Waals surface area contributed by atoms with Gasteiger partial charge in [0.1, 0.15) is 5.76 Å². The van der Waals surface area contributed by atoms with Gasteiger partial charge < -0.3 is 14.2 Å². The lowest BCUT2D eigenvalue weighted by Gasteiger charge is -2.05. The normalized spacial score (nSPS) is 11.0. The molecule has 1 N–H and O–H groups in total. The van der Waals surface area contributed by atoms with Crippen molar-refractivity contribution in [2.45, 2.75) is 33.1 Å². The number of ether oxygens (including phenoxy) is 1. The van der Waals surface area contributed by atoms with E-state index < -0.39 is 5.97 Å². The van der Waals surface area contributed by atoms with E-state index in [4.69, 9.17) is 4.52 Å². The number of ketones is 1. The zero-order chi connectivity index (χ0) is 18.0. The van der Waals surface area contributed by atoms with Gasteiger partial charge in [-0.25, -0.2) is 0 Å². The van der Waals surface area contributed by atoms with E-state index in [1.807, 2.05) is 38.1 Å². The third kappa shape index (κ3) is 3.07. The van der Waals surface area contributed by atoms with Crippen molar-refractivity contribution in [1.82, 2.24) is 10.1 Å².